The number of nitrogens with zero attached hydrogens (tertiary/aromatic N) is 1. The number of rotatable bonds is 6. The summed E-state index contributed by atoms with van der Waals surface area (Å²) in [5.41, 5.74) is 7.53. The number of halogens is 1. The van der Waals surface area contributed by atoms with Crippen LogP contribution in [0.2, 0.25) is 0 Å². The highest BCUT2D eigenvalue weighted by Crippen LogP contribution is 2.24. The normalized spacial score (nSPS) is 16.7. The maximum atomic E-state index is 11.9. The predicted molar refractivity (Wildman–Crippen MR) is 91.7 cm³/mol. The first-order chi connectivity index (χ1) is 10.5. The second-order valence-corrected chi connectivity index (χ2v) is 5.54. The molecule has 1 aromatic rings. The van der Waals surface area contributed by atoms with E-state index in [-0.39, 0.29) is 36.9 Å². The van der Waals surface area contributed by atoms with Gasteiger partial charge >= 0.3 is 0 Å². The van der Waals surface area contributed by atoms with E-state index >= 15 is 0 Å². The Balaban J connectivity index is 0.00000264. The molecule has 0 saturated carbocycles. The number of hydrogen-bond donors (Lipinski definition) is 2. The molecule has 1 aliphatic rings. The molecule has 7 heteroatoms. The molecule has 1 aromatic carbocycles. The third-order valence-electron chi connectivity index (χ3n) is 3.80. The maximum absolute atomic E-state index is 11.9. The molecular formula is C16H24ClN3O3. The quantitative estimate of drug-likeness (QED) is 0.818. The summed E-state index contributed by atoms with van der Waals surface area (Å²) in [5.74, 6) is -0.104. The fourth-order valence-electron chi connectivity index (χ4n) is 2.54. The van der Waals surface area contributed by atoms with Gasteiger partial charge in [-0.15, -0.1) is 12.4 Å². The average molecular weight is 342 g/mol. The van der Waals surface area contributed by atoms with Crippen LogP contribution in [0.4, 0.5) is 5.69 Å². The lowest BCUT2D eigenvalue weighted by Crippen LogP contribution is -2.44. The second-order valence-electron chi connectivity index (χ2n) is 5.54. The fourth-order valence-corrected chi connectivity index (χ4v) is 2.54. The van der Waals surface area contributed by atoms with E-state index in [1.165, 1.54) is 7.11 Å². The van der Waals surface area contributed by atoms with Gasteiger partial charge in [0.15, 0.2) is 0 Å². The minimum absolute atomic E-state index is 0. The van der Waals surface area contributed by atoms with Gasteiger partial charge in [0, 0.05) is 25.8 Å². The van der Waals surface area contributed by atoms with Gasteiger partial charge in [-0.25, -0.2) is 0 Å². The van der Waals surface area contributed by atoms with Crippen molar-refractivity contribution in [1.82, 2.24) is 5.32 Å². The SMILES string of the molecule is COCC(N)C(=O)NC(C)c1cccc(N2CCCC2=O)c1.Cl. The van der Waals surface area contributed by atoms with Crippen LogP contribution in [0.15, 0.2) is 24.3 Å². The van der Waals surface area contributed by atoms with E-state index in [4.69, 9.17) is 10.5 Å². The molecule has 1 saturated heterocycles. The van der Waals surface area contributed by atoms with Crippen molar-refractivity contribution in [2.45, 2.75) is 31.8 Å². The molecule has 0 bridgehead atoms. The van der Waals surface area contributed by atoms with Crippen LogP contribution >= 0.6 is 12.4 Å². The lowest BCUT2D eigenvalue weighted by atomic mass is 10.1. The first-order valence-corrected chi connectivity index (χ1v) is 7.48. The van der Waals surface area contributed by atoms with E-state index in [0.29, 0.717) is 6.42 Å². The van der Waals surface area contributed by atoms with Crippen molar-refractivity contribution in [3.8, 4) is 0 Å². The molecule has 6 nitrogen and oxygen atoms in total. The van der Waals surface area contributed by atoms with E-state index < -0.39 is 6.04 Å². The van der Waals surface area contributed by atoms with Gasteiger partial charge in [-0.1, -0.05) is 12.1 Å². The highest BCUT2D eigenvalue weighted by atomic mass is 35.5. The molecule has 1 heterocycles. The van der Waals surface area contributed by atoms with Crippen molar-refractivity contribution < 1.29 is 14.3 Å². The van der Waals surface area contributed by atoms with Gasteiger partial charge in [-0.3, -0.25) is 9.59 Å². The van der Waals surface area contributed by atoms with Crippen LogP contribution in [0.25, 0.3) is 0 Å². The Labute approximate surface area is 142 Å². The van der Waals surface area contributed by atoms with Crippen LogP contribution in [0.5, 0.6) is 0 Å². The molecule has 2 unspecified atom stereocenters. The Kier molecular flexibility index (Phi) is 7.48. The first-order valence-electron chi connectivity index (χ1n) is 7.48. The average Bonchev–Trinajstić information content (AvgIpc) is 2.93. The largest absolute Gasteiger partial charge is 0.383 e. The Bertz CT molecular complexity index is 553. The topological polar surface area (TPSA) is 84.7 Å². The Hall–Kier alpha value is -1.63. The standard InChI is InChI=1S/C16H23N3O3.ClH/c1-11(18-16(21)14(17)10-22-2)12-5-3-6-13(9-12)19-8-4-7-15(19)20;/h3,5-6,9,11,14H,4,7-8,10,17H2,1-2H3,(H,18,21);1H. The zero-order valence-corrected chi connectivity index (χ0v) is 14.3. The molecular weight excluding hydrogens is 318 g/mol. The Morgan fingerprint density at radius 3 is 2.83 bits per heavy atom. The minimum Gasteiger partial charge on any atom is -0.383 e. The summed E-state index contributed by atoms with van der Waals surface area (Å²) >= 11 is 0. The van der Waals surface area contributed by atoms with Crippen LogP contribution in [0, 0.1) is 0 Å². The van der Waals surface area contributed by atoms with E-state index in [0.717, 1.165) is 24.2 Å². The molecule has 2 rings (SSSR count). The molecule has 3 N–H and O–H groups in total. The van der Waals surface area contributed by atoms with Crippen molar-refractivity contribution >= 4 is 29.9 Å². The zero-order valence-electron chi connectivity index (χ0n) is 13.5. The van der Waals surface area contributed by atoms with E-state index in [1.807, 2.05) is 31.2 Å². The number of methoxy groups -OCH3 is 1. The number of anilines is 1. The highest BCUT2D eigenvalue weighted by Gasteiger charge is 2.22. The monoisotopic (exact) mass is 341 g/mol. The van der Waals surface area contributed by atoms with Crippen LogP contribution in [0.3, 0.4) is 0 Å². The number of carbonyl (C=O) groups is 2. The Morgan fingerprint density at radius 2 is 2.22 bits per heavy atom. The van der Waals surface area contributed by atoms with E-state index in [1.54, 1.807) is 4.90 Å². The number of ether oxygens (including phenoxy) is 1. The first kappa shape index (κ1) is 19.4. The van der Waals surface area contributed by atoms with Crippen LogP contribution in [-0.4, -0.2) is 38.1 Å². The summed E-state index contributed by atoms with van der Waals surface area (Å²) in [6.07, 6.45) is 1.49. The minimum atomic E-state index is -0.684. The summed E-state index contributed by atoms with van der Waals surface area (Å²) in [4.78, 5) is 25.5. The molecule has 2 amide bonds. The smallest absolute Gasteiger partial charge is 0.239 e. The number of hydrogen-bond acceptors (Lipinski definition) is 4. The van der Waals surface area contributed by atoms with E-state index in [9.17, 15) is 9.59 Å². The van der Waals surface area contributed by atoms with Crippen molar-refractivity contribution in [2.75, 3.05) is 25.2 Å². The fraction of sp³-hybridized carbons (Fsp3) is 0.500. The van der Waals surface area contributed by atoms with Crippen molar-refractivity contribution in [3.63, 3.8) is 0 Å². The maximum Gasteiger partial charge on any atom is 0.239 e. The second kappa shape index (κ2) is 8.86. The molecule has 1 fully saturated rings. The predicted octanol–water partition coefficient (Wildman–Crippen LogP) is 1.39. The van der Waals surface area contributed by atoms with Crippen LogP contribution in [-0.2, 0) is 14.3 Å². The summed E-state index contributed by atoms with van der Waals surface area (Å²) in [6, 6.07) is 6.81. The molecule has 0 aliphatic carbocycles. The third-order valence-corrected chi connectivity index (χ3v) is 3.80. The van der Waals surface area contributed by atoms with Crippen molar-refractivity contribution in [1.29, 1.82) is 0 Å². The molecule has 2 atom stereocenters. The molecule has 1 aliphatic heterocycles. The highest BCUT2D eigenvalue weighted by molar-refractivity contribution is 5.95. The Morgan fingerprint density at radius 1 is 1.48 bits per heavy atom. The van der Waals surface area contributed by atoms with Crippen molar-refractivity contribution in [2.24, 2.45) is 5.73 Å². The summed E-state index contributed by atoms with van der Waals surface area (Å²) in [6.45, 7) is 2.82. The van der Waals surface area contributed by atoms with Crippen LogP contribution in [0.1, 0.15) is 31.4 Å². The lowest BCUT2D eigenvalue weighted by Gasteiger charge is -2.20. The van der Waals surface area contributed by atoms with Gasteiger partial charge in [0.2, 0.25) is 11.8 Å². The molecule has 128 valence electrons. The third kappa shape index (κ3) is 4.92. The summed E-state index contributed by atoms with van der Waals surface area (Å²) < 4.78 is 4.88. The van der Waals surface area contributed by atoms with Gasteiger partial charge in [-0.05, 0) is 31.0 Å². The van der Waals surface area contributed by atoms with Gasteiger partial charge in [0.25, 0.3) is 0 Å². The van der Waals surface area contributed by atoms with E-state index in [2.05, 4.69) is 5.32 Å². The van der Waals surface area contributed by atoms with Crippen molar-refractivity contribution in [3.05, 3.63) is 29.8 Å². The molecule has 0 aromatic heterocycles. The molecule has 0 spiro atoms. The number of nitrogens with two attached hydrogens (primary N) is 1. The number of amides is 2. The number of nitrogens with one attached hydrogen (secondary N) is 1. The zero-order chi connectivity index (χ0) is 16.1. The summed E-state index contributed by atoms with van der Waals surface area (Å²) in [5, 5.41) is 2.86. The number of carbonyl (C=O) groups excluding carboxylic acids is 2. The number of benzene rings is 1. The lowest BCUT2D eigenvalue weighted by molar-refractivity contribution is -0.124. The van der Waals surface area contributed by atoms with Crippen LogP contribution < -0.4 is 16.0 Å². The van der Waals surface area contributed by atoms with Gasteiger partial charge < -0.3 is 20.7 Å². The van der Waals surface area contributed by atoms with Gasteiger partial charge in [-0.2, -0.15) is 0 Å². The van der Waals surface area contributed by atoms with Gasteiger partial charge in [0.05, 0.1) is 12.6 Å². The molecule has 23 heavy (non-hydrogen) atoms. The van der Waals surface area contributed by atoms with Gasteiger partial charge in [0.1, 0.15) is 6.04 Å². The molecule has 0 radical (unpaired) electrons. The summed E-state index contributed by atoms with van der Waals surface area (Å²) in [7, 11) is 1.51.